The van der Waals surface area contributed by atoms with Crippen molar-refractivity contribution in [1.82, 2.24) is 21.1 Å². The van der Waals surface area contributed by atoms with Crippen molar-refractivity contribution in [2.45, 2.75) is 117 Å². The Kier molecular flexibility index (Phi) is 18.9. The predicted octanol–water partition coefficient (Wildman–Crippen LogP) is 3.92. The number of amides is 3. The van der Waals surface area contributed by atoms with Crippen LogP contribution in [0.2, 0.25) is 0 Å². The lowest BCUT2D eigenvalue weighted by Gasteiger charge is -2.36. The highest BCUT2D eigenvalue weighted by molar-refractivity contribution is 5.93. The average molecular weight is 793 g/mol. The van der Waals surface area contributed by atoms with Crippen LogP contribution in [0.5, 0.6) is 5.75 Å². The monoisotopic (exact) mass is 792 g/mol. The van der Waals surface area contributed by atoms with Crippen LogP contribution in [0.15, 0.2) is 72.4 Å². The molecule has 7 atom stereocenters. The van der Waals surface area contributed by atoms with Gasteiger partial charge in [0, 0.05) is 31.9 Å². The van der Waals surface area contributed by atoms with Gasteiger partial charge in [0.25, 0.3) is 5.91 Å². The van der Waals surface area contributed by atoms with E-state index in [-0.39, 0.29) is 50.4 Å². The Labute approximate surface area is 335 Å². The third kappa shape index (κ3) is 15.1. The van der Waals surface area contributed by atoms with E-state index in [1.54, 1.807) is 65.0 Å². The highest BCUT2D eigenvalue weighted by Crippen LogP contribution is 2.24. The van der Waals surface area contributed by atoms with Gasteiger partial charge in [0.15, 0.2) is 0 Å². The van der Waals surface area contributed by atoms with Crippen molar-refractivity contribution in [3.05, 3.63) is 77.9 Å². The number of nitrogens with one attached hydrogen (secondary N) is 3. The van der Waals surface area contributed by atoms with Crippen LogP contribution in [0.3, 0.4) is 0 Å². The van der Waals surface area contributed by atoms with Crippen molar-refractivity contribution in [1.29, 1.82) is 0 Å². The van der Waals surface area contributed by atoms with E-state index in [0.29, 0.717) is 30.4 Å². The van der Waals surface area contributed by atoms with E-state index < -0.39 is 77.7 Å². The van der Waals surface area contributed by atoms with E-state index in [1.807, 2.05) is 12.2 Å². The molecule has 3 amide bonds. The second-order valence-electron chi connectivity index (χ2n) is 15.1. The zero-order valence-electron chi connectivity index (χ0n) is 33.9. The van der Waals surface area contributed by atoms with Crippen molar-refractivity contribution >= 4 is 35.4 Å². The minimum atomic E-state index is -1.18. The maximum absolute atomic E-state index is 14.3. The minimum Gasteiger partial charge on any atom is -0.508 e. The molecule has 1 unspecified atom stereocenters. The smallest absolute Gasteiger partial charge is 0.330 e. The number of hydrogen-bond acceptors (Lipinski definition) is 11. The molecule has 2 aliphatic heterocycles. The van der Waals surface area contributed by atoms with E-state index in [0.717, 1.165) is 0 Å². The number of fused-ring (bicyclic) bond motifs is 2. The fourth-order valence-corrected chi connectivity index (χ4v) is 6.61. The second-order valence-corrected chi connectivity index (χ2v) is 15.1. The molecule has 14 nitrogen and oxygen atoms in total. The Hall–Kier alpha value is -5.08. The Morgan fingerprint density at radius 2 is 1.77 bits per heavy atom. The molecule has 3 rings (SSSR count). The number of phenolic OH excluding ortho intramolecular Hbond substituents is 1. The summed E-state index contributed by atoms with van der Waals surface area (Å²) in [6, 6.07) is 3.10. The molecule has 2 aliphatic rings. The molecule has 0 saturated carbocycles. The number of aromatic hydroxyl groups is 1. The van der Waals surface area contributed by atoms with E-state index >= 15 is 0 Å². The van der Waals surface area contributed by atoms with Crippen LogP contribution < -0.4 is 16.1 Å². The largest absolute Gasteiger partial charge is 0.508 e. The summed E-state index contributed by atoms with van der Waals surface area (Å²) in [5.41, 5.74) is 4.21. The Bertz CT molecular complexity index is 1680. The van der Waals surface area contributed by atoms with Crippen molar-refractivity contribution in [2.75, 3.05) is 13.2 Å². The first-order chi connectivity index (χ1) is 27.1. The first kappa shape index (κ1) is 46.3. The number of nitrogens with zero attached hydrogens (tertiary/aromatic N) is 1. The Morgan fingerprint density at radius 3 is 2.44 bits per heavy atom. The number of ketones is 1. The topological polar surface area (TPSA) is 201 Å². The van der Waals surface area contributed by atoms with Gasteiger partial charge in [-0.15, -0.1) is 0 Å². The number of ether oxygens (including phenoxy) is 2. The van der Waals surface area contributed by atoms with Crippen molar-refractivity contribution in [3.8, 4) is 5.75 Å². The molecule has 1 aromatic carbocycles. The highest BCUT2D eigenvalue weighted by Gasteiger charge is 2.37. The predicted molar refractivity (Wildman–Crippen MR) is 214 cm³/mol. The average Bonchev–Trinajstić information content (AvgIpc) is 3.16. The van der Waals surface area contributed by atoms with Gasteiger partial charge in [-0.25, -0.2) is 10.2 Å². The number of carbonyl (C=O) groups excluding carboxylic acids is 6. The Balaban J connectivity index is 2.04. The van der Waals surface area contributed by atoms with Gasteiger partial charge in [0.1, 0.15) is 35.8 Å². The van der Waals surface area contributed by atoms with Gasteiger partial charge in [-0.3, -0.25) is 24.2 Å². The fraction of sp³-hybridized carbons (Fsp3) is 0.535. The molecular weight excluding hydrogens is 732 g/mol. The summed E-state index contributed by atoms with van der Waals surface area (Å²) in [5, 5.41) is 28.5. The third-order valence-electron chi connectivity index (χ3n) is 9.97. The fourth-order valence-electron chi connectivity index (χ4n) is 6.61. The summed E-state index contributed by atoms with van der Waals surface area (Å²) in [5.74, 6) is -4.89. The molecule has 312 valence electrons. The van der Waals surface area contributed by atoms with Gasteiger partial charge in [-0.1, -0.05) is 69.4 Å². The van der Waals surface area contributed by atoms with Gasteiger partial charge in [0.05, 0.1) is 18.6 Å². The minimum absolute atomic E-state index is 0.0201. The number of hydrogen-bond donors (Lipinski definition) is 5. The van der Waals surface area contributed by atoms with Crippen molar-refractivity contribution in [2.24, 2.45) is 17.8 Å². The normalized spacial score (nSPS) is 26.3. The molecule has 5 N–H and O–H groups in total. The SMILES string of the molecule is CCOC(=O)C=CC=C(C)[C@@H]1CC=CC=CC[C@H](C)[C@@H](O)[C@@H](CCC(C)=O)C(=O)N[C@@H](C(C)C)C(=O)N[C@@H](Cc2cccc(O)c2)C(=O)N2CCCC(N2)C(=O)O1. The number of Topliss-reactive ketones (excluding diaryl/α,β-unsaturated/α-hetero) is 1. The molecule has 57 heavy (non-hydrogen) atoms. The number of hydrazine groups is 1. The van der Waals surface area contributed by atoms with Crippen LogP contribution in [-0.2, 0) is 44.7 Å². The van der Waals surface area contributed by atoms with Gasteiger partial charge >= 0.3 is 11.9 Å². The lowest BCUT2D eigenvalue weighted by atomic mass is 9.85. The maximum atomic E-state index is 14.3. The first-order valence-corrected chi connectivity index (χ1v) is 19.8. The number of aliphatic hydroxyl groups excluding tert-OH is 1. The first-order valence-electron chi connectivity index (χ1n) is 19.8. The molecule has 1 fully saturated rings. The zero-order chi connectivity index (χ0) is 42.1. The molecular formula is C43H60N4O10. The van der Waals surface area contributed by atoms with Gasteiger partial charge in [-0.2, -0.15) is 0 Å². The lowest BCUT2D eigenvalue weighted by molar-refractivity contribution is -0.156. The van der Waals surface area contributed by atoms with Crippen molar-refractivity contribution < 1.29 is 48.5 Å². The summed E-state index contributed by atoms with van der Waals surface area (Å²) in [7, 11) is 0. The van der Waals surface area contributed by atoms with E-state index in [4.69, 9.17) is 9.47 Å². The third-order valence-corrected chi connectivity index (χ3v) is 9.97. The summed E-state index contributed by atoms with van der Waals surface area (Å²) < 4.78 is 11.0. The quantitative estimate of drug-likeness (QED) is 0.131. The molecule has 2 bridgehead atoms. The molecule has 1 aromatic rings. The summed E-state index contributed by atoms with van der Waals surface area (Å²) in [6.07, 6.45) is 11.4. The van der Waals surface area contributed by atoms with Gasteiger partial charge < -0.3 is 35.1 Å². The summed E-state index contributed by atoms with van der Waals surface area (Å²) in [6.45, 7) is 10.6. The van der Waals surface area contributed by atoms with E-state index in [1.165, 1.54) is 36.2 Å². The second kappa shape index (κ2) is 23.2. The van der Waals surface area contributed by atoms with E-state index in [9.17, 15) is 39.0 Å². The van der Waals surface area contributed by atoms with Crippen LogP contribution in [0.4, 0.5) is 0 Å². The Morgan fingerprint density at radius 1 is 1.05 bits per heavy atom. The number of esters is 2. The molecule has 1 saturated heterocycles. The van der Waals surface area contributed by atoms with Gasteiger partial charge in [0.2, 0.25) is 11.8 Å². The van der Waals surface area contributed by atoms with Gasteiger partial charge in [-0.05, 0) is 81.6 Å². The number of allylic oxidation sites excluding steroid dienone is 5. The summed E-state index contributed by atoms with van der Waals surface area (Å²) in [4.78, 5) is 79.7. The highest BCUT2D eigenvalue weighted by atomic mass is 16.5. The van der Waals surface area contributed by atoms with Crippen LogP contribution in [0.1, 0.15) is 85.6 Å². The molecule has 14 heteroatoms. The number of cyclic esters (lactones) is 1. The van der Waals surface area contributed by atoms with E-state index in [2.05, 4.69) is 16.1 Å². The molecule has 0 radical (unpaired) electrons. The molecule has 0 aromatic heterocycles. The summed E-state index contributed by atoms with van der Waals surface area (Å²) >= 11 is 0. The molecule has 0 spiro atoms. The number of aliphatic hydroxyl groups is 1. The molecule has 2 heterocycles. The number of carbonyl (C=O) groups is 6. The van der Waals surface area contributed by atoms with Crippen LogP contribution >= 0.6 is 0 Å². The van der Waals surface area contributed by atoms with Crippen LogP contribution in [-0.4, -0.2) is 94.2 Å². The molecule has 0 aliphatic carbocycles. The van der Waals surface area contributed by atoms with Crippen LogP contribution in [0.25, 0.3) is 0 Å². The number of phenols is 1. The number of benzene rings is 1. The standard InChI is InChI=1S/C43H60N4O10/c1-7-56-37(50)21-12-16-28(4)36-20-11-9-8-10-15-29(5)39(51)33(23-22-30(6)48)40(52)45-38(27(2)3)41(53)44-35(26-31-17-13-18-32(49)25-31)42(54)47-24-14-19-34(46-47)43(55)57-36/h8-13,16-18,21,25,27,29,33-36,38-39,46,49,51H,7,14-15,19-20,22-24,26H2,1-6H3,(H,44,53)(H,45,52)/t29-,33+,34?,35-,36-,38-,39+/m0/s1. The van der Waals surface area contributed by atoms with Crippen molar-refractivity contribution in [3.63, 3.8) is 0 Å². The maximum Gasteiger partial charge on any atom is 0.330 e. The zero-order valence-corrected chi connectivity index (χ0v) is 33.9. The number of rotatable bonds is 10. The van der Waals surface area contributed by atoms with Crippen LogP contribution in [0, 0.1) is 17.8 Å². The lowest BCUT2D eigenvalue weighted by Crippen LogP contribution is -2.62.